The van der Waals surface area contributed by atoms with Crippen LogP contribution in [0.3, 0.4) is 0 Å². The highest BCUT2D eigenvalue weighted by molar-refractivity contribution is 5.79. The molecule has 5 nitrogen and oxygen atoms in total. The number of pyridine rings is 1. The van der Waals surface area contributed by atoms with E-state index < -0.39 is 17.3 Å². The predicted octanol–water partition coefficient (Wildman–Crippen LogP) is 7.45. The molecule has 0 radical (unpaired) electrons. The second kappa shape index (κ2) is 13.9. The van der Waals surface area contributed by atoms with Crippen molar-refractivity contribution in [3.05, 3.63) is 58.5 Å². The van der Waals surface area contributed by atoms with Crippen LogP contribution in [-0.2, 0) is 4.74 Å². The van der Waals surface area contributed by atoms with Crippen LogP contribution >= 0.6 is 0 Å². The lowest BCUT2D eigenvalue weighted by Gasteiger charge is -2.10. The maximum atomic E-state index is 13.5. The SMILES string of the molecule is CCC(C)OCCCCCCCCCCOc1ccc2cc(-c3cc(F)cc(F)c3)c(=O)oc2n1. The number of unbranched alkanes of at least 4 members (excludes halogenated alkanes) is 7. The van der Waals surface area contributed by atoms with Crippen LogP contribution < -0.4 is 10.4 Å². The third-order valence-corrected chi connectivity index (χ3v) is 6.01. The minimum Gasteiger partial charge on any atom is -0.478 e. The summed E-state index contributed by atoms with van der Waals surface area (Å²) in [7, 11) is 0. The molecule has 0 N–H and O–H groups in total. The van der Waals surface area contributed by atoms with Crippen molar-refractivity contribution in [3.8, 4) is 17.0 Å². The minimum absolute atomic E-state index is 0.0748. The van der Waals surface area contributed by atoms with Gasteiger partial charge in [0, 0.05) is 24.1 Å². The van der Waals surface area contributed by atoms with Gasteiger partial charge >= 0.3 is 5.63 Å². The molecule has 0 amide bonds. The number of hydrogen-bond acceptors (Lipinski definition) is 5. The maximum absolute atomic E-state index is 13.5. The fraction of sp³-hybridized carbons (Fsp3) is 0.500. The molecule has 0 fully saturated rings. The third kappa shape index (κ3) is 8.73. The van der Waals surface area contributed by atoms with E-state index in [0.29, 0.717) is 24.0 Å². The summed E-state index contributed by atoms with van der Waals surface area (Å²) in [5, 5.41) is 0.544. The highest BCUT2D eigenvalue weighted by Crippen LogP contribution is 2.23. The number of nitrogens with zero attached hydrogens (tertiary/aromatic N) is 1. The van der Waals surface area contributed by atoms with E-state index in [9.17, 15) is 13.6 Å². The zero-order valence-corrected chi connectivity index (χ0v) is 20.7. The van der Waals surface area contributed by atoms with E-state index in [4.69, 9.17) is 13.9 Å². The van der Waals surface area contributed by atoms with Crippen LogP contribution in [-0.4, -0.2) is 24.3 Å². The topological polar surface area (TPSA) is 61.6 Å². The summed E-state index contributed by atoms with van der Waals surface area (Å²) in [4.78, 5) is 16.6. The third-order valence-electron chi connectivity index (χ3n) is 6.01. The first-order valence-corrected chi connectivity index (χ1v) is 12.6. The summed E-state index contributed by atoms with van der Waals surface area (Å²) < 4.78 is 43.8. The molecule has 190 valence electrons. The number of fused-ring (bicyclic) bond motifs is 1. The van der Waals surface area contributed by atoms with E-state index >= 15 is 0 Å². The number of halogens is 2. The Labute approximate surface area is 205 Å². The van der Waals surface area contributed by atoms with E-state index in [-0.39, 0.29) is 16.8 Å². The zero-order chi connectivity index (χ0) is 25.0. The van der Waals surface area contributed by atoms with Crippen LogP contribution in [0.25, 0.3) is 22.2 Å². The van der Waals surface area contributed by atoms with Gasteiger partial charge in [0.2, 0.25) is 11.6 Å². The zero-order valence-electron chi connectivity index (χ0n) is 20.7. The van der Waals surface area contributed by atoms with Crippen LogP contribution in [0.2, 0.25) is 0 Å². The molecular weight excluding hydrogens is 452 g/mol. The van der Waals surface area contributed by atoms with Crippen molar-refractivity contribution in [1.82, 2.24) is 4.98 Å². The van der Waals surface area contributed by atoms with Gasteiger partial charge in [-0.05, 0) is 56.0 Å². The van der Waals surface area contributed by atoms with Crippen LogP contribution in [0.4, 0.5) is 8.78 Å². The molecule has 1 aromatic carbocycles. The standard InChI is InChI=1S/C28H35F2NO4/c1-3-20(2)33-14-10-8-6-4-5-7-9-11-15-34-26-13-12-21-18-25(28(32)35-27(21)31-26)22-16-23(29)19-24(30)17-22/h12-13,16-20H,3-11,14-15H2,1-2H3. The molecule has 0 saturated carbocycles. The average Bonchev–Trinajstić information content (AvgIpc) is 2.83. The first kappa shape index (κ1) is 26.8. The molecule has 0 spiro atoms. The largest absolute Gasteiger partial charge is 0.478 e. The monoisotopic (exact) mass is 487 g/mol. The second-order valence-corrected chi connectivity index (χ2v) is 8.92. The molecule has 2 heterocycles. The molecule has 0 aliphatic heterocycles. The van der Waals surface area contributed by atoms with Crippen molar-refractivity contribution in [2.24, 2.45) is 0 Å². The number of hydrogen-bond donors (Lipinski definition) is 0. The molecule has 0 aliphatic rings. The van der Waals surface area contributed by atoms with Crippen molar-refractivity contribution in [2.75, 3.05) is 13.2 Å². The Morgan fingerprint density at radius 3 is 2.17 bits per heavy atom. The van der Waals surface area contributed by atoms with Gasteiger partial charge in [-0.1, -0.05) is 45.4 Å². The van der Waals surface area contributed by atoms with Gasteiger partial charge in [-0.2, -0.15) is 4.98 Å². The molecule has 0 aliphatic carbocycles. The smallest absolute Gasteiger partial charge is 0.345 e. The fourth-order valence-corrected chi connectivity index (χ4v) is 3.82. The number of ether oxygens (including phenoxy) is 2. The van der Waals surface area contributed by atoms with Gasteiger partial charge in [-0.25, -0.2) is 13.6 Å². The van der Waals surface area contributed by atoms with E-state index in [2.05, 4.69) is 18.8 Å². The van der Waals surface area contributed by atoms with E-state index in [1.165, 1.54) is 38.2 Å². The molecule has 1 atom stereocenters. The van der Waals surface area contributed by atoms with Gasteiger partial charge in [0.25, 0.3) is 0 Å². The number of rotatable bonds is 15. The van der Waals surface area contributed by atoms with Crippen molar-refractivity contribution in [3.63, 3.8) is 0 Å². The molecule has 1 unspecified atom stereocenters. The van der Waals surface area contributed by atoms with E-state index in [1.54, 1.807) is 12.1 Å². The van der Waals surface area contributed by atoms with Crippen molar-refractivity contribution >= 4 is 11.1 Å². The average molecular weight is 488 g/mol. The van der Waals surface area contributed by atoms with Gasteiger partial charge in [0.05, 0.1) is 18.3 Å². The Morgan fingerprint density at radius 1 is 0.886 bits per heavy atom. The summed E-state index contributed by atoms with van der Waals surface area (Å²) in [6.45, 7) is 5.67. The lowest BCUT2D eigenvalue weighted by atomic mass is 10.1. The molecule has 3 aromatic rings. The first-order chi connectivity index (χ1) is 17.0. The predicted molar refractivity (Wildman–Crippen MR) is 134 cm³/mol. The van der Waals surface area contributed by atoms with Crippen LogP contribution in [0.15, 0.2) is 45.6 Å². The molecule has 0 bridgehead atoms. The molecule has 35 heavy (non-hydrogen) atoms. The van der Waals surface area contributed by atoms with Crippen molar-refractivity contribution in [1.29, 1.82) is 0 Å². The molecular formula is C28H35F2NO4. The second-order valence-electron chi connectivity index (χ2n) is 8.92. The number of benzene rings is 1. The first-order valence-electron chi connectivity index (χ1n) is 12.6. The Morgan fingerprint density at radius 2 is 1.51 bits per heavy atom. The Balaban J connectivity index is 1.37. The summed E-state index contributed by atoms with van der Waals surface area (Å²) in [5.74, 6) is -1.14. The normalized spacial score (nSPS) is 12.2. The fourth-order valence-electron chi connectivity index (χ4n) is 3.82. The summed E-state index contributed by atoms with van der Waals surface area (Å²) in [5.41, 5.74) is -0.391. The molecule has 0 saturated heterocycles. The van der Waals surface area contributed by atoms with Crippen LogP contribution in [0, 0.1) is 11.6 Å². The summed E-state index contributed by atoms with van der Waals surface area (Å²) in [6.07, 6.45) is 10.7. The van der Waals surface area contributed by atoms with Crippen LogP contribution in [0.1, 0.15) is 71.6 Å². The number of aromatic nitrogens is 1. The Kier molecular flexibility index (Phi) is 10.7. The van der Waals surface area contributed by atoms with E-state index in [0.717, 1.165) is 50.5 Å². The van der Waals surface area contributed by atoms with Gasteiger partial charge in [0.1, 0.15) is 11.6 Å². The van der Waals surface area contributed by atoms with E-state index in [1.807, 2.05) is 0 Å². The van der Waals surface area contributed by atoms with Gasteiger partial charge in [-0.3, -0.25) is 0 Å². The quantitative estimate of drug-likeness (QED) is 0.208. The summed E-state index contributed by atoms with van der Waals surface area (Å²) >= 11 is 0. The lowest BCUT2D eigenvalue weighted by Crippen LogP contribution is -2.07. The van der Waals surface area contributed by atoms with Crippen molar-refractivity contribution < 1.29 is 22.7 Å². The minimum atomic E-state index is -0.760. The molecule has 3 rings (SSSR count). The molecule has 2 aromatic heterocycles. The van der Waals surface area contributed by atoms with Gasteiger partial charge < -0.3 is 13.9 Å². The maximum Gasteiger partial charge on any atom is 0.345 e. The highest BCUT2D eigenvalue weighted by atomic mass is 19.1. The lowest BCUT2D eigenvalue weighted by molar-refractivity contribution is 0.0608. The molecule has 7 heteroatoms. The Hall–Kier alpha value is -2.80. The summed E-state index contributed by atoms with van der Waals surface area (Å²) in [6, 6.07) is 7.87. The van der Waals surface area contributed by atoms with Crippen molar-refractivity contribution in [2.45, 2.75) is 77.7 Å². The Bertz CT molecular complexity index is 1110. The van der Waals surface area contributed by atoms with Gasteiger partial charge in [0.15, 0.2) is 0 Å². The highest BCUT2D eigenvalue weighted by Gasteiger charge is 2.12. The van der Waals surface area contributed by atoms with Gasteiger partial charge in [-0.15, -0.1) is 0 Å². The van der Waals surface area contributed by atoms with Crippen LogP contribution in [0.5, 0.6) is 5.88 Å².